The first-order valence-corrected chi connectivity index (χ1v) is 14.1. The molecule has 0 saturated carbocycles. The molecular formula is C38H27F2N3. The molecular weight excluding hydrogens is 536 g/mol. The van der Waals surface area contributed by atoms with Gasteiger partial charge in [-0.15, -0.1) is 0 Å². The first-order valence-electron chi connectivity index (χ1n) is 14.1. The van der Waals surface area contributed by atoms with E-state index in [1.54, 1.807) is 24.3 Å². The molecule has 2 aliphatic rings. The minimum atomic E-state index is -3.10. The van der Waals surface area contributed by atoms with Gasteiger partial charge in [-0.25, -0.2) is 9.98 Å². The molecule has 1 atom stereocenters. The first kappa shape index (κ1) is 26.5. The van der Waals surface area contributed by atoms with Crippen LogP contribution in [0.2, 0.25) is 0 Å². The van der Waals surface area contributed by atoms with Crippen LogP contribution < -0.4 is 5.32 Å². The van der Waals surface area contributed by atoms with Crippen molar-refractivity contribution in [2.75, 3.05) is 0 Å². The number of aliphatic imine (C=N–C) groups is 2. The number of halogens is 2. The van der Waals surface area contributed by atoms with Gasteiger partial charge in [0.1, 0.15) is 12.0 Å². The average molecular weight is 564 g/mol. The summed E-state index contributed by atoms with van der Waals surface area (Å²) < 4.78 is 31.5. The number of hydrogen-bond donors (Lipinski definition) is 1. The summed E-state index contributed by atoms with van der Waals surface area (Å²) in [7, 11) is 0. The minimum Gasteiger partial charge on any atom is -0.344 e. The molecule has 0 fully saturated rings. The molecule has 0 radical (unpaired) electrons. The van der Waals surface area contributed by atoms with Gasteiger partial charge in [-0.1, -0.05) is 134 Å². The lowest BCUT2D eigenvalue weighted by Crippen LogP contribution is -2.33. The zero-order chi connectivity index (χ0) is 29.4. The lowest BCUT2D eigenvalue weighted by molar-refractivity contribution is 0.0480. The van der Waals surface area contributed by atoms with Crippen LogP contribution in [0.25, 0.3) is 28.3 Å². The Morgan fingerprint density at radius 3 is 2.02 bits per heavy atom. The van der Waals surface area contributed by atoms with Crippen molar-refractivity contribution in [2.45, 2.75) is 12.1 Å². The smallest absolute Gasteiger partial charge is 0.299 e. The largest absolute Gasteiger partial charge is 0.344 e. The molecule has 1 aliphatic carbocycles. The number of hydrogen-bond acceptors (Lipinski definition) is 3. The van der Waals surface area contributed by atoms with Gasteiger partial charge in [-0.05, 0) is 45.5 Å². The fourth-order valence-electron chi connectivity index (χ4n) is 5.74. The SMILES string of the molecule is C=C/C=C\c1ccccc1-c1ccc2c(c1)-c1cc(C3=NC(c4ccccc4)=NC(c4ccccc4)N3)ccc1C2(F)F. The highest BCUT2D eigenvalue weighted by atomic mass is 19.3. The molecule has 0 bridgehead atoms. The minimum absolute atomic E-state index is 0.00351. The van der Waals surface area contributed by atoms with Crippen LogP contribution in [0.5, 0.6) is 0 Å². The van der Waals surface area contributed by atoms with Crippen molar-refractivity contribution in [3.8, 4) is 22.3 Å². The van der Waals surface area contributed by atoms with Crippen LogP contribution in [-0.4, -0.2) is 11.7 Å². The highest BCUT2D eigenvalue weighted by molar-refractivity contribution is 6.13. The summed E-state index contributed by atoms with van der Waals surface area (Å²) >= 11 is 0. The van der Waals surface area contributed by atoms with Crippen molar-refractivity contribution < 1.29 is 8.78 Å². The van der Waals surface area contributed by atoms with E-state index in [2.05, 4.69) is 11.9 Å². The van der Waals surface area contributed by atoms with Gasteiger partial charge in [0.2, 0.25) is 0 Å². The summed E-state index contributed by atoms with van der Waals surface area (Å²) in [5.74, 6) is -1.94. The Hall–Kier alpha value is -5.42. The number of nitrogens with one attached hydrogen (secondary N) is 1. The predicted molar refractivity (Wildman–Crippen MR) is 171 cm³/mol. The Labute approximate surface area is 249 Å². The molecule has 0 aromatic heterocycles. The van der Waals surface area contributed by atoms with Crippen molar-refractivity contribution in [1.29, 1.82) is 0 Å². The van der Waals surface area contributed by atoms with Crippen LogP contribution in [0.4, 0.5) is 8.78 Å². The summed E-state index contributed by atoms with van der Waals surface area (Å²) in [5, 5.41) is 3.45. The van der Waals surface area contributed by atoms with Crippen LogP contribution in [0.3, 0.4) is 0 Å². The number of allylic oxidation sites excluding steroid dienone is 2. The second-order valence-corrected chi connectivity index (χ2v) is 10.5. The molecule has 1 heterocycles. The molecule has 1 aliphatic heterocycles. The van der Waals surface area contributed by atoms with Gasteiger partial charge in [0, 0.05) is 22.3 Å². The van der Waals surface area contributed by atoms with Crippen molar-refractivity contribution in [2.24, 2.45) is 9.98 Å². The van der Waals surface area contributed by atoms with Crippen LogP contribution in [0.1, 0.15) is 39.5 Å². The number of alkyl halides is 2. The molecule has 208 valence electrons. The molecule has 0 saturated heterocycles. The lowest BCUT2D eigenvalue weighted by Gasteiger charge is -2.24. The summed E-state index contributed by atoms with van der Waals surface area (Å²) in [6, 6.07) is 37.9. The topological polar surface area (TPSA) is 36.8 Å². The van der Waals surface area contributed by atoms with Crippen LogP contribution in [-0.2, 0) is 5.92 Å². The van der Waals surface area contributed by atoms with Crippen molar-refractivity contribution >= 4 is 17.7 Å². The zero-order valence-electron chi connectivity index (χ0n) is 23.2. The van der Waals surface area contributed by atoms with E-state index in [1.165, 1.54) is 6.07 Å². The number of nitrogens with zero attached hydrogens (tertiary/aromatic N) is 2. The maximum Gasteiger partial charge on any atom is 0.299 e. The van der Waals surface area contributed by atoms with E-state index in [0.717, 1.165) is 27.8 Å². The Morgan fingerprint density at radius 1 is 0.674 bits per heavy atom. The number of amidine groups is 2. The van der Waals surface area contributed by atoms with E-state index in [1.807, 2.05) is 109 Å². The number of benzene rings is 5. The molecule has 0 amide bonds. The number of rotatable bonds is 6. The Balaban J connectivity index is 1.34. The van der Waals surface area contributed by atoms with E-state index in [4.69, 9.17) is 9.98 Å². The highest BCUT2D eigenvalue weighted by Gasteiger charge is 2.44. The molecule has 1 N–H and O–H groups in total. The monoisotopic (exact) mass is 563 g/mol. The fourth-order valence-corrected chi connectivity index (χ4v) is 5.74. The third kappa shape index (κ3) is 4.79. The van der Waals surface area contributed by atoms with Crippen LogP contribution >= 0.6 is 0 Å². The second-order valence-electron chi connectivity index (χ2n) is 10.5. The van der Waals surface area contributed by atoms with E-state index < -0.39 is 5.92 Å². The maximum absolute atomic E-state index is 15.8. The van der Waals surface area contributed by atoms with E-state index >= 15 is 8.78 Å². The van der Waals surface area contributed by atoms with Gasteiger partial charge in [0.15, 0.2) is 5.84 Å². The summed E-state index contributed by atoms with van der Waals surface area (Å²) in [6.45, 7) is 3.76. The Bertz CT molecular complexity index is 1940. The van der Waals surface area contributed by atoms with E-state index in [9.17, 15) is 0 Å². The third-order valence-electron chi connectivity index (χ3n) is 7.85. The molecule has 0 spiro atoms. The van der Waals surface area contributed by atoms with Crippen molar-refractivity contribution in [3.05, 3.63) is 173 Å². The van der Waals surface area contributed by atoms with Gasteiger partial charge in [-0.3, -0.25) is 0 Å². The first-order chi connectivity index (χ1) is 21.0. The zero-order valence-corrected chi connectivity index (χ0v) is 23.2. The summed E-state index contributed by atoms with van der Waals surface area (Å²) in [5.41, 5.74) is 6.43. The molecule has 5 aromatic carbocycles. The Kier molecular flexibility index (Phi) is 6.63. The summed E-state index contributed by atoms with van der Waals surface area (Å²) in [4.78, 5) is 9.76. The summed E-state index contributed by atoms with van der Waals surface area (Å²) in [6.07, 6.45) is 5.18. The molecule has 7 rings (SSSR count). The maximum atomic E-state index is 15.8. The van der Waals surface area contributed by atoms with Crippen LogP contribution in [0.15, 0.2) is 150 Å². The fraction of sp³-hybridized carbons (Fsp3) is 0.0526. The van der Waals surface area contributed by atoms with Crippen molar-refractivity contribution in [3.63, 3.8) is 0 Å². The van der Waals surface area contributed by atoms with Gasteiger partial charge in [0.25, 0.3) is 5.92 Å². The molecule has 5 heteroatoms. The molecule has 43 heavy (non-hydrogen) atoms. The molecule has 5 aromatic rings. The highest BCUT2D eigenvalue weighted by Crippen LogP contribution is 2.52. The lowest BCUT2D eigenvalue weighted by atomic mass is 9.94. The average Bonchev–Trinajstić information content (AvgIpc) is 3.29. The van der Waals surface area contributed by atoms with Crippen LogP contribution in [0, 0.1) is 0 Å². The second kappa shape index (κ2) is 10.8. The van der Waals surface area contributed by atoms with Gasteiger partial charge < -0.3 is 5.32 Å². The quantitative estimate of drug-likeness (QED) is 0.206. The van der Waals surface area contributed by atoms with E-state index in [0.29, 0.717) is 28.4 Å². The Morgan fingerprint density at radius 2 is 1.30 bits per heavy atom. The normalized spacial score (nSPS) is 16.6. The molecule has 3 nitrogen and oxygen atoms in total. The van der Waals surface area contributed by atoms with E-state index in [-0.39, 0.29) is 17.3 Å². The van der Waals surface area contributed by atoms with Gasteiger partial charge in [0.05, 0.1) is 0 Å². The predicted octanol–water partition coefficient (Wildman–Crippen LogP) is 9.17. The van der Waals surface area contributed by atoms with Crippen molar-refractivity contribution in [1.82, 2.24) is 5.32 Å². The number of fused-ring (bicyclic) bond motifs is 3. The van der Waals surface area contributed by atoms with Gasteiger partial charge in [-0.2, -0.15) is 8.78 Å². The standard InChI is InChI=1S/C38H27F2N3/c1-2-3-12-25-13-10-11-18-30(25)28-19-21-33-31(23-28)32-24-29(20-22-34(32)38(33,39)40)37-42-35(26-14-6-4-7-15-26)41-36(43-37)27-16-8-5-9-17-27/h2-24,35H,1H2,(H,41,42,43)/b12-3-. The van der Waals surface area contributed by atoms with Gasteiger partial charge >= 0.3 is 0 Å². The third-order valence-corrected chi connectivity index (χ3v) is 7.85. The molecule has 1 unspecified atom stereocenters.